The lowest BCUT2D eigenvalue weighted by Gasteiger charge is -2.11. The number of amides is 1. The van der Waals surface area contributed by atoms with Crippen molar-refractivity contribution in [1.29, 1.82) is 0 Å². The van der Waals surface area contributed by atoms with E-state index >= 15 is 0 Å². The van der Waals surface area contributed by atoms with Gasteiger partial charge in [0.2, 0.25) is 0 Å². The van der Waals surface area contributed by atoms with Crippen LogP contribution in [-0.2, 0) is 0 Å². The molecule has 1 saturated carbocycles. The lowest BCUT2D eigenvalue weighted by atomic mass is 10.3. The van der Waals surface area contributed by atoms with Crippen LogP contribution in [0.3, 0.4) is 0 Å². The van der Waals surface area contributed by atoms with E-state index in [4.69, 9.17) is 0 Å². The number of alkyl halides is 1. The largest absolute Gasteiger partial charge is 0.385 e. The van der Waals surface area contributed by atoms with E-state index in [1.165, 1.54) is 15.3 Å². The molecule has 4 heterocycles. The van der Waals surface area contributed by atoms with Crippen molar-refractivity contribution >= 4 is 28.7 Å². The first-order chi connectivity index (χ1) is 15.5. The third kappa shape index (κ3) is 3.53. The SMILES string of the molecule is CNc1cc(Nc2cccn(-c3ccccn3)c2=O)nn2c(C(=O)NC3CC3F)cnc12. The lowest BCUT2D eigenvalue weighted by Crippen LogP contribution is -2.28. The minimum absolute atomic E-state index is 0.165. The lowest BCUT2D eigenvalue weighted by molar-refractivity contribution is 0.0940. The molecule has 0 radical (unpaired) electrons. The molecule has 0 bridgehead atoms. The Kier molecular flexibility index (Phi) is 4.77. The number of hydrogen-bond acceptors (Lipinski definition) is 7. The number of nitrogens with zero attached hydrogens (tertiary/aromatic N) is 5. The molecule has 1 aliphatic rings. The Morgan fingerprint density at radius 1 is 1.19 bits per heavy atom. The molecule has 0 aliphatic heterocycles. The van der Waals surface area contributed by atoms with Crippen LogP contribution in [0, 0.1) is 0 Å². The molecular formula is C21H19FN8O2. The number of hydrogen-bond donors (Lipinski definition) is 3. The molecule has 11 heteroatoms. The van der Waals surface area contributed by atoms with Gasteiger partial charge in [-0.2, -0.15) is 0 Å². The fourth-order valence-corrected chi connectivity index (χ4v) is 3.33. The van der Waals surface area contributed by atoms with Crippen molar-refractivity contribution in [1.82, 2.24) is 29.5 Å². The maximum Gasteiger partial charge on any atom is 0.279 e. The van der Waals surface area contributed by atoms with E-state index in [1.807, 2.05) is 0 Å². The first-order valence-corrected chi connectivity index (χ1v) is 9.96. The molecule has 3 N–H and O–H groups in total. The average Bonchev–Trinajstić information content (AvgIpc) is 3.32. The summed E-state index contributed by atoms with van der Waals surface area (Å²) in [7, 11) is 1.71. The van der Waals surface area contributed by atoms with Crippen molar-refractivity contribution in [3.05, 3.63) is 71.0 Å². The smallest absolute Gasteiger partial charge is 0.279 e. The summed E-state index contributed by atoms with van der Waals surface area (Å²) in [6, 6.07) is 9.84. The van der Waals surface area contributed by atoms with Crippen molar-refractivity contribution in [3.63, 3.8) is 0 Å². The minimum Gasteiger partial charge on any atom is -0.385 e. The van der Waals surface area contributed by atoms with Gasteiger partial charge in [-0.05, 0) is 24.3 Å². The number of nitrogens with one attached hydrogen (secondary N) is 3. The molecule has 5 rings (SSSR count). The number of pyridine rings is 2. The number of imidazole rings is 1. The monoisotopic (exact) mass is 434 g/mol. The van der Waals surface area contributed by atoms with Gasteiger partial charge in [0.1, 0.15) is 17.7 Å². The van der Waals surface area contributed by atoms with Crippen LogP contribution in [-0.4, -0.2) is 49.3 Å². The maximum absolute atomic E-state index is 13.2. The molecular weight excluding hydrogens is 415 g/mol. The molecule has 162 valence electrons. The summed E-state index contributed by atoms with van der Waals surface area (Å²) >= 11 is 0. The molecule has 1 fully saturated rings. The van der Waals surface area contributed by atoms with Gasteiger partial charge in [0.05, 0.1) is 17.9 Å². The van der Waals surface area contributed by atoms with Gasteiger partial charge in [-0.3, -0.25) is 14.2 Å². The molecule has 0 aromatic carbocycles. The summed E-state index contributed by atoms with van der Waals surface area (Å²) < 4.78 is 16.0. The zero-order valence-corrected chi connectivity index (χ0v) is 17.0. The van der Waals surface area contributed by atoms with Crippen LogP contribution in [0.15, 0.2) is 59.8 Å². The van der Waals surface area contributed by atoms with Gasteiger partial charge in [0.15, 0.2) is 17.2 Å². The third-order valence-electron chi connectivity index (χ3n) is 5.10. The van der Waals surface area contributed by atoms with Crippen LogP contribution >= 0.6 is 0 Å². The summed E-state index contributed by atoms with van der Waals surface area (Å²) in [4.78, 5) is 34.0. The molecule has 1 aliphatic carbocycles. The zero-order valence-electron chi connectivity index (χ0n) is 17.0. The van der Waals surface area contributed by atoms with Crippen LogP contribution in [0.25, 0.3) is 11.5 Å². The Morgan fingerprint density at radius 3 is 2.75 bits per heavy atom. The Morgan fingerprint density at radius 2 is 2.03 bits per heavy atom. The first-order valence-electron chi connectivity index (χ1n) is 9.96. The summed E-state index contributed by atoms with van der Waals surface area (Å²) in [6.07, 6.45) is 3.90. The number of aromatic nitrogens is 5. The molecule has 0 saturated heterocycles. The van der Waals surface area contributed by atoms with Crippen LogP contribution in [0.1, 0.15) is 16.9 Å². The van der Waals surface area contributed by atoms with Gasteiger partial charge in [0, 0.05) is 31.9 Å². The quantitative estimate of drug-likeness (QED) is 0.424. The van der Waals surface area contributed by atoms with E-state index in [9.17, 15) is 14.0 Å². The second-order valence-corrected chi connectivity index (χ2v) is 7.31. The molecule has 2 unspecified atom stereocenters. The highest BCUT2D eigenvalue weighted by Gasteiger charge is 2.39. The van der Waals surface area contributed by atoms with Gasteiger partial charge in [-0.1, -0.05) is 6.07 Å². The van der Waals surface area contributed by atoms with Crippen LogP contribution in [0.5, 0.6) is 0 Å². The van der Waals surface area contributed by atoms with Crippen molar-refractivity contribution in [2.75, 3.05) is 17.7 Å². The molecule has 1 amide bonds. The van der Waals surface area contributed by atoms with E-state index < -0.39 is 18.1 Å². The Bertz CT molecular complexity index is 1370. The summed E-state index contributed by atoms with van der Waals surface area (Å²) in [6.45, 7) is 0. The van der Waals surface area contributed by atoms with E-state index in [0.29, 0.717) is 29.4 Å². The van der Waals surface area contributed by atoms with Crippen molar-refractivity contribution < 1.29 is 9.18 Å². The van der Waals surface area contributed by atoms with Crippen molar-refractivity contribution in [2.24, 2.45) is 0 Å². The minimum atomic E-state index is -1.02. The van der Waals surface area contributed by atoms with Gasteiger partial charge in [0.25, 0.3) is 11.5 Å². The second kappa shape index (κ2) is 7.76. The van der Waals surface area contributed by atoms with Crippen LogP contribution in [0.4, 0.5) is 21.6 Å². The molecule has 4 aromatic rings. The topological polar surface area (TPSA) is 118 Å². The van der Waals surface area contributed by atoms with Gasteiger partial charge in [-0.25, -0.2) is 18.9 Å². The summed E-state index contributed by atoms with van der Waals surface area (Å²) in [5.41, 5.74) is 1.15. The van der Waals surface area contributed by atoms with E-state index in [2.05, 4.69) is 31.0 Å². The fraction of sp³-hybridized carbons (Fsp3) is 0.190. The molecule has 2 atom stereocenters. The van der Waals surface area contributed by atoms with Gasteiger partial charge >= 0.3 is 0 Å². The van der Waals surface area contributed by atoms with E-state index in [0.717, 1.165) is 0 Å². The Balaban J connectivity index is 1.52. The molecule has 32 heavy (non-hydrogen) atoms. The summed E-state index contributed by atoms with van der Waals surface area (Å²) in [5, 5.41) is 13.1. The highest BCUT2D eigenvalue weighted by molar-refractivity contribution is 5.94. The third-order valence-corrected chi connectivity index (χ3v) is 5.10. The zero-order chi connectivity index (χ0) is 22.2. The predicted molar refractivity (Wildman–Crippen MR) is 116 cm³/mol. The molecule has 10 nitrogen and oxygen atoms in total. The van der Waals surface area contributed by atoms with Crippen molar-refractivity contribution in [2.45, 2.75) is 18.6 Å². The number of rotatable bonds is 6. The second-order valence-electron chi connectivity index (χ2n) is 7.31. The number of carbonyl (C=O) groups excluding carboxylic acids is 1. The number of halogens is 1. The van der Waals surface area contributed by atoms with E-state index in [1.54, 1.807) is 55.8 Å². The molecule has 4 aromatic heterocycles. The molecule has 0 spiro atoms. The van der Waals surface area contributed by atoms with Gasteiger partial charge in [-0.15, -0.1) is 5.10 Å². The van der Waals surface area contributed by atoms with Gasteiger partial charge < -0.3 is 16.0 Å². The average molecular weight is 434 g/mol. The van der Waals surface area contributed by atoms with Crippen LogP contribution in [0.2, 0.25) is 0 Å². The van der Waals surface area contributed by atoms with E-state index in [-0.39, 0.29) is 16.9 Å². The normalized spacial score (nSPS) is 17.2. The highest BCUT2D eigenvalue weighted by atomic mass is 19.1. The number of fused-ring (bicyclic) bond motifs is 1. The van der Waals surface area contributed by atoms with Crippen molar-refractivity contribution in [3.8, 4) is 5.82 Å². The number of carbonyl (C=O) groups is 1. The maximum atomic E-state index is 13.2. The summed E-state index contributed by atoms with van der Waals surface area (Å²) in [5.74, 6) is 0.339. The standard InChI is InChI=1S/C21H19FN8O2/c1-23-15-10-17(26-13-5-4-8-29(21(13)32)18-6-2-3-7-24-18)28-30-16(11-25-19(15)30)20(31)27-14-9-12(14)22/h2-8,10-12,14,23H,9H2,1H3,(H,26,28)(H,27,31). The Labute approximate surface area is 181 Å². The number of anilines is 3. The van der Waals surface area contributed by atoms with Crippen LogP contribution < -0.4 is 21.5 Å². The highest BCUT2D eigenvalue weighted by Crippen LogP contribution is 2.26. The predicted octanol–water partition coefficient (Wildman–Crippen LogP) is 1.90. The first kappa shape index (κ1) is 19.7. The fourth-order valence-electron chi connectivity index (χ4n) is 3.33. The Hall–Kier alpha value is -4.28.